The van der Waals surface area contributed by atoms with E-state index >= 15 is 0 Å². The standard InChI is InChI=1S/C24H20N2O3/c1-2-17-9-3-6-13-21(17)25-22(27)18-10-7-8-16(14-18)15-26-23(28)19-11-4-5-12-20(19)24(26)29/h3-14H,2,15H2,1H3,(H,25,27). The maximum atomic E-state index is 12.7. The van der Waals surface area contributed by atoms with E-state index in [9.17, 15) is 14.4 Å². The third-order valence-corrected chi connectivity index (χ3v) is 5.05. The summed E-state index contributed by atoms with van der Waals surface area (Å²) in [6, 6.07) is 21.5. The molecule has 5 heteroatoms. The van der Waals surface area contributed by atoms with Gasteiger partial charge in [-0.15, -0.1) is 0 Å². The number of anilines is 1. The van der Waals surface area contributed by atoms with Crippen molar-refractivity contribution >= 4 is 23.4 Å². The predicted molar refractivity (Wildman–Crippen MR) is 111 cm³/mol. The van der Waals surface area contributed by atoms with Gasteiger partial charge in [0.1, 0.15) is 0 Å². The average molecular weight is 384 g/mol. The Labute approximate surface area is 169 Å². The summed E-state index contributed by atoms with van der Waals surface area (Å²) in [4.78, 5) is 39.1. The highest BCUT2D eigenvalue weighted by Gasteiger charge is 2.34. The van der Waals surface area contributed by atoms with Gasteiger partial charge in [-0.25, -0.2) is 0 Å². The van der Waals surface area contributed by atoms with Crippen LogP contribution in [0.4, 0.5) is 5.69 Å². The Kier molecular flexibility index (Phi) is 4.96. The number of nitrogens with one attached hydrogen (secondary N) is 1. The van der Waals surface area contributed by atoms with Crippen molar-refractivity contribution < 1.29 is 14.4 Å². The van der Waals surface area contributed by atoms with Crippen LogP contribution in [0.25, 0.3) is 0 Å². The second-order valence-electron chi connectivity index (χ2n) is 6.91. The summed E-state index contributed by atoms with van der Waals surface area (Å²) in [5.74, 6) is -0.843. The number of rotatable bonds is 5. The van der Waals surface area contributed by atoms with Crippen molar-refractivity contribution in [3.63, 3.8) is 0 Å². The number of fused-ring (bicyclic) bond motifs is 1. The van der Waals surface area contributed by atoms with Crippen molar-refractivity contribution in [2.45, 2.75) is 19.9 Å². The van der Waals surface area contributed by atoms with E-state index in [1.54, 1.807) is 48.5 Å². The van der Waals surface area contributed by atoms with E-state index in [2.05, 4.69) is 5.32 Å². The molecule has 0 saturated carbocycles. The molecule has 0 aliphatic carbocycles. The van der Waals surface area contributed by atoms with E-state index in [4.69, 9.17) is 0 Å². The minimum atomic E-state index is -0.308. The number of amides is 3. The first-order chi connectivity index (χ1) is 14.1. The van der Waals surface area contributed by atoms with Crippen molar-refractivity contribution in [1.29, 1.82) is 0 Å². The van der Waals surface area contributed by atoms with Crippen LogP contribution in [0.1, 0.15) is 49.1 Å². The fourth-order valence-electron chi connectivity index (χ4n) is 3.52. The monoisotopic (exact) mass is 384 g/mol. The van der Waals surface area contributed by atoms with Crippen LogP contribution < -0.4 is 5.32 Å². The minimum Gasteiger partial charge on any atom is -0.322 e. The molecule has 1 aliphatic rings. The van der Waals surface area contributed by atoms with Crippen molar-refractivity contribution in [2.75, 3.05) is 5.32 Å². The van der Waals surface area contributed by atoms with Crippen LogP contribution in [0.5, 0.6) is 0 Å². The van der Waals surface area contributed by atoms with Gasteiger partial charge in [-0.2, -0.15) is 0 Å². The Morgan fingerprint density at radius 3 is 2.21 bits per heavy atom. The number of imide groups is 1. The summed E-state index contributed by atoms with van der Waals surface area (Å²) < 4.78 is 0. The molecule has 1 N–H and O–H groups in total. The highest BCUT2D eigenvalue weighted by atomic mass is 16.2. The van der Waals surface area contributed by atoms with Crippen LogP contribution in [0.2, 0.25) is 0 Å². The van der Waals surface area contributed by atoms with Crippen LogP contribution in [0, 0.1) is 0 Å². The van der Waals surface area contributed by atoms with Gasteiger partial charge in [-0.05, 0) is 47.9 Å². The van der Waals surface area contributed by atoms with E-state index in [0.29, 0.717) is 16.7 Å². The number of carbonyl (C=O) groups is 3. The molecular formula is C24H20N2O3. The van der Waals surface area contributed by atoms with E-state index in [1.807, 2.05) is 31.2 Å². The van der Waals surface area contributed by atoms with Gasteiger partial charge in [-0.3, -0.25) is 19.3 Å². The molecule has 0 saturated heterocycles. The molecule has 3 amide bonds. The van der Waals surface area contributed by atoms with Gasteiger partial charge in [-0.1, -0.05) is 49.4 Å². The second-order valence-corrected chi connectivity index (χ2v) is 6.91. The zero-order valence-electron chi connectivity index (χ0n) is 16.0. The van der Waals surface area contributed by atoms with E-state index in [-0.39, 0.29) is 24.3 Å². The molecule has 0 unspecified atom stereocenters. The number of para-hydroxylation sites is 1. The van der Waals surface area contributed by atoms with Crippen LogP contribution in [-0.4, -0.2) is 22.6 Å². The molecule has 0 radical (unpaired) electrons. The highest BCUT2D eigenvalue weighted by Crippen LogP contribution is 2.24. The molecule has 144 valence electrons. The zero-order valence-corrected chi connectivity index (χ0v) is 16.0. The molecule has 0 fully saturated rings. The maximum Gasteiger partial charge on any atom is 0.261 e. The van der Waals surface area contributed by atoms with Gasteiger partial charge in [0.05, 0.1) is 17.7 Å². The molecule has 1 aliphatic heterocycles. The maximum absolute atomic E-state index is 12.7. The molecule has 0 bridgehead atoms. The third kappa shape index (κ3) is 3.55. The van der Waals surface area contributed by atoms with Crippen LogP contribution >= 0.6 is 0 Å². The fourth-order valence-corrected chi connectivity index (χ4v) is 3.52. The van der Waals surface area contributed by atoms with Gasteiger partial charge >= 0.3 is 0 Å². The van der Waals surface area contributed by atoms with Crippen LogP contribution in [-0.2, 0) is 13.0 Å². The predicted octanol–water partition coefficient (Wildman–Crippen LogP) is 4.30. The number of carbonyl (C=O) groups excluding carboxylic acids is 3. The largest absolute Gasteiger partial charge is 0.322 e. The summed E-state index contributed by atoms with van der Waals surface area (Å²) in [5.41, 5.74) is 3.87. The van der Waals surface area contributed by atoms with Gasteiger partial charge in [0.2, 0.25) is 0 Å². The molecule has 29 heavy (non-hydrogen) atoms. The number of hydrogen-bond acceptors (Lipinski definition) is 3. The van der Waals surface area contributed by atoms with Gasteiger partial charge < -0.3 is 5.32 Å². The second kappa shape index (κ2) is 7.72. The first-order valence-electron chi connectivity index (χ1n) is 9.52. The number of aryl methyl sites for hydroxylation is 1. The zero-order chi connectivity index (χ0) is 20.4. The molecular weight excluding hydrogens is 364 g/mol. The lowest BCUT2D eigenvalue weighted by molar-refractivity contribution is 0.0642. The first-order valence-corrected chi connectivity index (χ1v) is 9.52. The van der Waals surface area contributed by atoms with Gasteiger partial charge in [0.25, 0.3) is 17.7 Å². The normalized spacial score (nSPS) is 12.8. The Morgan fingerprint density at radius 2 is 1.52 bits per heavy atom. The average Bonchev–Trinajstić information content (AvgIpc) is 2.99. The molecule has 3 aromatic rings. The highest BCUT2D eigenvalue weighted by molar-refractivity contribution is 6.21. The number of hydrogen-bond donors (Lipinski definition) is 1. The Hall–Kier alpha value is -3.73. The summed E-state index contributed by atoms with van der Waals surface area (Å²) in [6.07, 6.45) is 0.816. The number of benzene rings is 3. The van der Waals surface area contributed by atoms with Crippen molar-refractivity contribution in [3.8, 4) is 0 Å². The summed E-state index contributed by atoms with van der Waals surface area (Å²) >= 11 is 0. The fraction of sp³-hybridized carbons (Fsp3) is 0.125. The summed E-state index contributed by atoms with van der Waals surface area (Å²) in [5, 5.41) is 2.94. The molecule has 4 rings (SSSR count). The van der Waals surface area contributed by atoms with Gasteiger partial charge in [0.15, 0.2) is 0 Å². The van der Waals surface area contributed by atoms with Crippen molar-refractivity contribution in [1.82, 2.24) is 4.90 Å². The lowest BCUT2D eigenvalue weighted by Crippen LogP contribution is -2.29. The van der Waals surface area contributed by atoms with E-state index < -0.39 is 0 Å². The molecule has 0 aromatic heterocycles. The molecule has 3 aromatic carbocycles. The first kappa shape index (κ1) is 18.6. The summed E-state index contributed by atoms with van der Waals surface area (Å²) in [7, 11) is 0. The lowest BCUT2D eigenvalue weighted by atomic mass is 10.1. The Balaban J connectivity index is 1.53. The molecule has 0 spiro atoms. The Morgan fingerprint density at radius 1 is 0.862 bits per heavy atom. The van der Waals surface area contributed by atoms with Crippen LogP contribution in [0.3, 0.4) is 0 Å². The minimum absolute atomic E-state index is 0.124. The van der Waals surface area contributed by atoms with E-state index in [1.165, 1.54) is 4.90 Å². The molecule has 0 atom stereocenters. The van der Waals surface area contributed by atoms with Crippen molar-refractivity contribution in [2.24, 2.45) is 0 Å². The van der Waals surface area contributed by atoms with Crippen LogP contribution in [0.15, 0.2) is 72.8 Å². The smallest absolute Gasteiger partial charge is 0.261 e. The molecule has 1 heterocycles. The summed E-state index contributed by atoms with van der Waals surface area (Å²) in [6.45, 7) is 2.16. The van der Waals surface area contributed by atoms with Crippen molar-refractivity contribution in [3.05, 3.63) is 101 Å². The SMILES string of the molecule is CCc1ccccc1NC(=O)c1cccc(CN2C(=O)c3ccccc3C2=O)c1. The lowest BCUT2D eigenvalue weighted by Gasteiger charge is -2.15. The third-order valence-electron chi connectivity index (χ3n) is 5.05. The Bertz CT molecular complexity index is 1090. The number of nitrogens with zero attached hydrogens (tertiary/aromatic N) is 1. The quantitative estimate of drug-likeness (QED) is 0.667. The topological polar surface area (TPSA) is 66.5 Å². The molecule has 5 nitrogen and oxygen atoms in total. The van der Waals surface area contributed by atoms with E-state index in [0.717, 1.165) is 23.2 Å². The van der Waals surface area contributed by atoms with Gasteiger partial charge in [0, 0.05) is 11.3 Å².